The number of carbonyl (C=O) groups is 1. The van der Waals surface area contributed by atoms with Crippen LogP contribution in [-0.4, -0.2) is 32.8 Å². The van der Waals surface area contributed by atoms with Gasteiger partial charge in [0.15, 0.2) is 5.82 Å². The molecule has 0 saturated carbocycles. The lowest BCUT2D eigenvalue weighted by Gasteiger charge is -2.26. The van der Waals surface area contributed by atoms with Gasteiger partial charge in [0, 0.05) is 19.4 Å². The van der Waals surface area contributed by atoms with Crippen molar-refractivity contribution in [2.24, 2.45) is 0 Å². The predicted molar refractivity (Wildman–Crippen MR) is 85.5 cm³/mol. The number of amides is 1. The van der Waals surface area contributed by atoms with Gasteiger partial charge in [-0.05, 0) is 30.2 Å². The molecule has 0 unspecified atom stereocenters. The second-order valence-corrected chi connectivity index (χ2v) is 5.23. The minimum Gasteiger partial charge on any atom is -0.334 e. The molecule has 3 aromatic rings. The number of nitrogens with zero attached hydrogens (tertiary/aromatic N) is 3. The van der Waals surface area contributed by atoms with Crippen LogP contribution in [0.15, 0.2) is 48.8 Å². The zero-order valence-electron chi connectivity index (χ0n) is 12.7. The fourth-order valence-electron chi connectivity index (χ4n) is 2.67. The molecule has 0 aliphatic heterocycles. The monoisotopic (exact) mass is 294 g/mol. The van der Waals surface area contributed by atoms with Crippen LogP contribution in [0.3, 0.4) is 0 Å². The quantitative estimate of drug-likeness (QED) is 0.804. The number of H-pyrrole nitrogens is 1. The van der Waals surface area contributed by atoms with E-state index in [0.717, 1.165) is 23.0 Å². The second kappa shape index (κ2) is 5.97. The zero-order valence-corrected chi connectivity index (χ0v) is 12.7. The summed E-state index contributed by atoms with van der Waals surface area (Å²) in [4.78, 5) is 26.0. The Balaban J connectivity index is 1.89. The number of para-hydroxylation sites is 2. The topological polar surface area (TPSA) is 61.9 Å². The van der Waals surface area contributed by atoms with Gasteiger partial charge in [0.1, 0.15) is 0 Å². The van der Waals surface area contributed by atoms with Gasteiger partial charge in [-0.25, -0.2) is 4.98 Å². The van der Waals surface area contributed by atoms with Crippen LogP contribution in [-0.2, 0) is 0 Å². The van der Waals surface area contributed by atoms with Crippen molar-refractivity contribution in [2.45, 2.75) is 19.4 Å². The molecule has 1 N–H and O–H groups in total. The smallest absolute Gasteiger partial charge is 0.289 e. The van der Waals surface area contributed by atoms with Crippen molar-refractivity contribution in [3.05, 3.63) is 60.2 Å². The van der Waals surface area contributed by atoms with E-state index in [1.165, 1.54) is 0 Å². The average molecular weight is 294 g/mol. The number of aromatic nitrogens is 3. The lowest BCUT2D eigenvalue weighted by molar-refractivity contribution is 0.0715. The molecular weight excluding hydrogens is 276 g/mol. The van der Waals surface area contributed by atoms with E-state index in [2.05, 4.69) is 21.9 Å². The summed E-state index contributed by atoms with van der Waals surface area (Å²) in [5, 5.41) is 0. The summed E-state index contributed by atoms with van der Waals surface area (Å²) in [7, 11) is 1.80. The summed E-state index contributed by atoms with van der Waals surface area (Å²) in [5.41, 5.74) is 2.69. The van der Waals surface area contributed by atoms with Crippen molar-refractivity contribution >= 4 is 16.9 Å². The van der Waals surface area contributed by atoms with Crippen molar-refractivity contribution in [1.29, 1.82) is 0 Å². The Morgan fingerprint density at radius 3 is 2.77 bits per heavy atom. The molecule has 1 aromatic carbocycles. The lowest BCUT2D eigenvalue weighted by atomic mass is 10.1. The van der Waals surface area contributed by atoms with Gasteiger partial charge in [0.05, 0.1) is 17.1 Å². The van der Waals surface area contributed by atoms with Gasteiger partial charge in [-0.2, -0.15) is 0 Å². The summed E-state index contributed by atoms with van der Waals surface area (Å²) >= 11 is 0. The summed E-state index contributed by atoms with van der Waals surface area (Å²) in [6, 6.07) is 11.5. The van der Waals surface area contributed by atoms with Crippen LogP contribution in [0.4, 0.5) is 0 Å². The number of hydrogen-bond donors (Lipinski definition) is 1. The van der Waals surface area contributed by atoms with Crippen LogP contribution in [0.1, 0.15) is 35.6 Å². The molecule has 5 nitrogen and oxygen atoms in total. The molecule has 2 heterocycles. The zero-order chi connectivity index (χ0) is 15.5. The Bertz CT molecular complexity index is 748. The molecule has 5 heteroatoms. The molecule has 3 rings (SSSR count). The van der Waals surface area contributed by atoms with E-state index >= 15 is 0 Å². The Hall–Kier alpha value is -2.69. The number of benzene rings is 1. The lowest BCUT2D eigenvalue weighted by Crippen LogP contribution is -2.31. The Morgan fingerprint density at radius 2 is 2.09 bits per heavy atom. The molecule has 112 valence electrons. The highest BCUT2D eigenvalue weighted by atomic mass is 16.2. The SMILES string of the molecule is CC[C@H](c1cccnc1)N(C)C(=O)c1nc2ccccc2[nH]1. The maximum absolute atomic E-state index is 12.7. The van der Waals surface area contributed by atoms with Gasteiger partial charge in [0.25, 0.3) is 5.91 Å². The van der Waals surface area contributed by atoms with E-state index in [0.29, 0.717) is 5.82 Å². The fraction of sp³-hybridized carbons (Fsp3) is 0.235. The molecule has 0 spiro atoms. The molecule has 0 bridgehead atoms. The number of aromatic amines is 1. The van der Waals surface area contributed by atoms with Crippen LogP contribution < -0.4 is 0 Å². The van der Waals surface area contributed by atoms with E-state index in [9.17, 15) is 4.79 Å². The minimum atomic E-state index is -0.119. The van der Waals surface area contributed by atoms with Gasteiger partial charge < -0.3 is 9.88 Å². The van der Waals surface area contributed by atoms with E-state index in [4.69, 9.17) is 0 Å². The molecule has 2 aromatic heterocycles. The van der Waals surface area contributed by atoms with Gasteiger partial charge in [-0.15, -0.1) is 0 Å². The Morgan fingerprint density at radius 1 is 1.27 bits per heavy atom. The third-order valence-corrected chi connectivity index (χ3v) is 3.84. The molecule has 22 heavy (non-hydrogen) atoms. The first kappa shape index (κ1) is 14.3. The van der Waals surface area contributed by atoms with Crippen LogP contribution in [0.5, 0.6) is 0 Å². The first-order valence-electron chi connectivity index (χ1n) is 7.32. The van der Waals surface area contributed by atoms with E-state index in [1.54, 1.807) is 24.3 Å². The second-order valence-electron chi connectivity index (χ2n) is 5.23. The minimum absolute atomic E-state index is 0.0191. The number of imidazole rings is 1. The average Bonchev–Trinajstić information content (AvgIpc) is 2.99. The molecular formula is C17H18N4O. The molecule has 1 amide bonds. The number of pyridine rings is 1. The molecule has 0 saturated heterocycles. The Kier molecular flexibility index (Phi) is 3.87. The van der Waals surface area contributed by atoms with Crippen molar-refractivity contribution in [3.63, 3.8) is 0 Å². The maximum atomic E-state index is 12.7. The van der Waals surface area contributed by atoms with E-state index in [1.807, 2.05) is 36.4 Å². The molecule has 0 fully saturated rings. The van der Waals surface area contributed by atoms with E-state index in [-0.39, 0.29) is 11.9 Å². The third kappa shape index (κ3) is 2.57. The van der Waals surface area contributed by atoms with Crippen LogP contribution in [0.2, 0.25) is 0 Å². The van der Waals surface area contributed by atoms with Gasteiger partial charge in [-0.1, -0.05) is 25.1 Å². The number of hydrogen-bond acceptors (Lipinski definition) is 3. The van der Waals surface area contributed by atoms with E-state index < -0.39 is 0 Å². The number of rotatable bonds is 4. The number of nitrogens with one attached hydrogen (secondary N) is 1. The summed E-state index contributed by atoms with van der Waals surface area (Å²) in [6.07, 6.45) is 4.35. The molecule has 0 radical (unpaired) electrons. The van der Waals surface area contributed by atoms with Gasteiger partial charge in [0.2, 0.25) is 0 Å². The summed E-state index contributed by atoms with van der Waals surface area (Å²) in [5.74, 6) is 0.248. The maximum Gasteiger partial charge on any atom is 0.289 e. The molecule has 0 aliphatic rings. The number of carbonyl (C=O) groups excluding carboxylic acids is 1. The summed E-state index contributed by atoms with van der Waals surface area (Å²) < 4.78 is 0. The van der Waals surface area contributed by atoms with Crippen LogP contribution in [0.25, 0.3) is 11.0 Å². The normalized spacial score (nSPS) is 12.3. The Labute approximate surface area is 129 Å². The highest BCUT2D eigenvalue weighted by Gasteiger charge is 2.23. The standard InChI is InChI=1S/C17H18N4O/c1-3-15(12-7-6-10-18-11-12)21(2)17(22)16-19-13-8-4-5-9-14(13)20-16/h4-11,15H,3H2,1-2H3,(H,19,20)/t15-/m1/s1. The highest BCUT2D eigenvalue weighted by Crippen LogP contribution is 2.23. The fourth-order valence-corrected chi connectivity index (χ4v) is 2.67. The van der Waals surface area contributed by atoms with Crippen LogP contribution >= 0.6 is 0 Å². The van der Waals surface area contributed by atoms with Crippen molar-refractivity contribution < 1.29 is 4.79 Å². The largest absolute Gasteiger partial charge is 0.334 e. The van der Waals surface area contributed by atoms with Crippen molar-refractivity contribution in [2.75, 3.05) is 7.05 Å². The number of fused-ring (bicyclic) bond motifs is 1. The summed E-state index contributed by atoms with van der Waals surface area (Å²) in [6.45, 7) is 2.06. The third-order valence-electron chi connectivity index (χ3n) is 3.84. The van der Waals surface area contributed by atoms with Crippen molar-refractivity contribution in [3.8, 4) is 0 Å². The van der Waals surface area contributed by atoms with Gasteiger partial charge in [-0.3, -0.25) is 9.78 Å². The molecule has 1 atom stereocenters. The first-order chi connectivity index (χ1) is 10.7. The first-order valence-corrected chi connectivity index (χ1v) is 7.32. The van der Waals surface area contributed by atoms with Crippen LogP contribution in [0, 0.1) is 0 Å². The van der Waals surface area contributed by atoms with Crippen molar-refractivity contribution in [1.82, 2.24) is 19.9 Å². The molecule has 0 aliphatic carbocycles. The highest BCUT2D eigenvalue weighted by molar-refractivity contribution is 5.94. The predicted octanol–water partition coefficient (Wildman–Crippen LogP) is 3.18. The van der Waals surface area contributed by atoms with Gasteiger partial charge >= 0.3 is 0 Å².